The Balaban J connectivity index is 1.07. The molecule has 4 rings (SSSR count). The number of nitrogens with one attached hydrogen (secondary N) is 1. The smallest absolute Gasteiger partial charge is 0.333 e. The summed E-state index contributed by atoms with van der Waals surface area (Å²) in [5, 5.41) is 2.98. The third-order valence-electron chi connectivity index (χ3n) is 6.68. The van der Waals surface area contributed by atoms with Gasteiger partial charge in [-0.25, -0.2) is 4.79 Å². The van der Waals surface area contributed by atoms with Gasteiger partial charge in [-0.05, 0) is 17.7 Å². The molecule has 1 aliphatic heterocycles. The number of imide groups is 1. The van der Waals surface area contributed by atoms with Crippen molar-refractivity contribution in [2.24, 2.45) is 0 Å². The Morgan fingerprint density at radius 3 is 2.23 bits per heavy atom. The van der Waals surface area contributed by atoms with Gasteiger partial charge >= 0.3 is 17.9 Å². The predicted molar refractivity (Wildman–Crippen MR) is 152 cm³/mol. The molecule has 1 saturated heterocycles. The van der Waals surface area contributed by atoms with Crippen molar-refractivity contribution >= 4 is 35.6 Å². The van der Waals surface area contributed by atoms with Crippen molar-refractivity contribution in [2.75, 3.05) is 26.4 Å². The first-order valence-electron chi connectivity index (χ1n) is 14.2. The third kappa shape index (κ3) is 9.50. The molecule has 2 aliphatic rings. The molecular formula is C32H32N2O10. The van der Waals surface area contributed by atoms with Gasteiger partial charge in [-0.1, -0.05) is 48.2 Å². The SMILES string of the molecule is O=C(CCC(=O)ON1C(=O)CCC1=O)NCCOCCOC(=O)CCC(=O)OC1Cc2ccccc2C#Cc2ccccc21. The van der Waals surface area contributed by atoms with Gasteiger partial charge in [0.1, 0.15) is 12.7 Å². The lowest BCUT2D eigenvalue weighted by Gasteiger charge is -2.21. The molecular weight excluding hydrogens is 572 g/mol. The summed E-state index contributed by atoms with van der Waals surface area (Å²) >= 11 is 0. The minimum absolute atomic E-state index is 0.0105. The average Bonchev–Trinajstić information content (AvgIpc) is 3.33. The van der Waals surface area contributed by atoms with Gasteiger partial charge in [-0.15, -0.1) is 5.06 Å². The van der Waals surface area contributed by atoms with Crippen molar-refractivity contribution in [3.63, 3.8) is 0 Å². The molecule has 0 radical (unpaired) electrons. The zero-order chi connectivity index (χ0) is 31.3. The van der Waals surface area contributed by atoms with E-state index < -0.39 is 41.7 Å². The van der Waals surface area contributed by atoms with Gasteiger partial charge in [0, 0.05) is 48.9 Å². The van der Waals surface area contributed by atoms with Crippen LogP contribution in [0.1, 0.15) is 66.9 Å². The highest BCUT2D eigenvalue weighted by molar-refractivity contribution is 6.01. The predicted octanol–water partition coefficient (Wildman–Crippen LogP) is 2.07. The van der Waals surface area contributed by atoms with Gasteiger partial charge in [0.05, 0.1) is 32.5 Å². The van der Waals surface area contributed by atoms with Crippen LogP contribution >= 0.6 is 0 Å². The van der Waals surface area contributed by atoms with E-state index in [1.54, 1.807) is 0 Å². The molecule has 0 spiro atoms. The normalized spacial score (nSPS) is 15.1. The molecule has 2 aromatic rings. The monoisotopic (exact) mass is 604 g/mol. The van der Waals surface area contributed by atoms with Gasteiger partial charge < -0.3 is 24.4 Å². The maximum absolute atomic E-state index is 12.6. The molecule has 1 fully saturated rings. The summed E-state index contributed by atoms with van der Waals surface area (Å²) in [5.74, 6) is 2.77. The topological polar surface area (TPSA) is 155 Å². The Labute approximate surface area is 253 Å². The van der Waals surface area contributed by atoms with Crippen LogP contribution in [-0.2, 0) is 54.2 Å². The van der Waals surface area contributed by atoms with E-state index in [0.717, 1.165) is 22.3 Å². The van der Waals surface area contributed by atoms with Crippen molar-refractivity contribution in [3.8, 4) is 11.8 Å². The summed E-state index contributed by atoms with van der Waals surface area (Å²) in [7, 11) is 0. The van der Waals surface area contributed by atoms with Crippen molar-refractivity contribution < 1.29 is 47.8 Å². The maximum Gasteiger partial charge on any atom is 0.333 e. The summed E-state index contributed by atoms with van der Waals surface area (Å²) < 4.78 is 16.2. The number of ether oxygens (including phenoxy) is 3. The van der Waals surface area contributed by atoms with E-state index in [4.69, 9.17) is 19.0 Å². The van der Waals surface area contributed by atoms with E-state index >= 15 is 0 Å². The largest absolute Gasteiger partial charge is 0.463 e. The van der Waals surface area contributed by atoms with Crippen LogP contribution in [0.2, 0.25) is 0 Å². The van der Waals surface area contributed by atoms with E-state index in [0.29, 0.717) is 11.5 Å². The fourth-order valence-corrected chi connectivity index (χ4v) is 4.44. The molecule has 1 heterocycles. The summed E-state index contributed by atoms with van der Waals surface area (Å²) in [6, 6.07) is 15.2. The Morgan fingerprint density at radius 2 is 1.43 bits per heavy atom. The lowest BCUT2D eigenvalue weighted by atomic mass is 9.92. The van der Waals surface area contributed by atoms with Crippen LogP contribution in [0.5, 0.6) is 0 Å². The first-order chi connectivity index (χ1) is 21.3. The number of esters is 2. The van der Waals surface area contributed by atoms with Crippen molar-refractivity contribution in [2.45, 2.75) is 51.0 Å². The Bertz CT molecular complexity index is 1460. The summed E-state index contributed by atoms with van der Waals surface area (Å²) in [6.45, 7) is 0.326. The average molecular weight is 605 g/mol. The van der Waals surface area contributed by atoms with Crippen LogP contribution < -0.4 is 5.32 Å². The number of amides is 3. The molecule has 2 aromatic carbocycles. The van der Waals surface area contributed by atoms with Crippen LogP contribution in [0.3, 0.4) is 0 Å². The first kappa shape index (κ1) is 31.9. The van der Waals surface area contributed by atoms with E-state index in [1.807, 2.05) is 48.5 Å². The second-order valence-corrected chi connectivity index (χ2v) is 9.90. The molecule has 0 bridgehead atoms. The summed E-state index contributed by atoms with van der Waals surface area (Å²) in [4.78, 5) is 75.9. The molecule has 3 amide bonds. The molecule has 1 atom stereocenters. The molecule has 12 heteroatoms. The molecule has 1 N–H and O–H groups in total. The Morgan fingerprint density at radius 1 is 0.773 bits per heavy atom. The van der Waals surface area contributed by atoms with Crippen LogP contribution in [0, 0.1) is 11.8 Å². The Kier molecular flexibility index (Phi) is 11.6. The molecule has 0 aromatic heterocycles. The minimum atomic E-state index is -0.860. The highest BCUT2D eigenvalue weighted by Gasteiger charge is 2.32. The van der Waals surface area contributed by atoms with Gasteiger partial charge in [0.15, 0.2) is 0 Å². The van der Waals surface area contributed by atoms with E-state index in [1.165, 1.54) is 0 Å². The highest BCUT2D eigenvalue weighted by atomic mass is 16.7. The molecule has 44 heavy (non-hydrogen) atoms. The van der Waals surface area contributed by atoms with Gasteiger partial charge in [0.2, 0.25) is 5.91 Å². The van der Waals surface area contributed by atoms with Gasteiger partial charge in [-0.3, -0.25) is 24.0 Å². The number of carbonyl (C=O) groups excluding carboxylic acids is 6. The molecule has 230 valence electrons. The molecule has 12 nitrogen and oxygen atoms in total. The van der Waals surface area contributed by atoms with Gasteiger partial charge in [0.25, 0.3) is 11.8 Å². The number of hydrogen-bond acceptors (Lipinski definition) is 10. The Hall–Kier alpha value is -5.02. The third-order valence-corrected chi connectivity index (χ3v) is 6.68. The van der Waals surface area contributed by atoms with E-state index in [-0.39, 0.29) is 64.9 Å². The van der Waals surface area contributed by atoms with Crippen LogP contribution in [0.4, 0.5) is 0 Å². The summed E-state index contributed by atoms with van der Waals surface area (Å²) in [5.41, 5.74) is 3.45. The zero-order valence-electron chi connectivity index (χ0n) is 24.0. The number of rotatable bonds is 14. The number of fused-ring (bicyclic) bond motifs is 2. The van der Waals surface area contributed by atoms with E-state index in [2.05, 4.69) is 17.2 Å². The second-order valence-electron chi connectivity index (χ2n) is 9.90. The molecule has 1 unspecified atom stereocenters. The van der Waals surface area contributed by atoms with E-state index in [9.17, 15) is 28.8 Å². The van der Waals surface area contributed by atoms with Crippen LogP contribution in [-0.4, -0.2) is 67.1 Å². The summed E-state index contributed by atoms with van der Waals surface area (Å²) in [6.07, 6.45) is -0.885. The second kappa shape index (κ2) is 16.0. The zero-order valence-corrected chi connectivity index (χ0v) is 24.0. The molecule has 1 aliphatic carbocycles. The lowest BCUT2D eigenvalue weighted by Crippen LogP contribution is -2.33. The van der Waals surface area contributed by atoms with Crippen molar-refractivity contribution in [1.82, 2.24) is 10.4 Å². The quantitative estimate of drug-likeness (QED) is 0.147. The van der Waals surface area contributed by atoms with Gasteiger partial charge in [-0.2, -0.15) is 0 Å². The van der Waals surface area contributed by atoms with Crippen molar-refractivity contribution in [1.29, 1.82) is 0 Å². The van der Waals surface area contributed by atoms with Crippen LogP contribution in [0.15, 0.2) is 48.5 Å². The minimum Gasteiger partial charge on any atom is -0.463 e. The molecule has 0 saturated carbocycles. The van der Waals surface area contributed by atoms with Crippen molar-refractivity contribution in [3.05, 3.63) is 70.8 Å². The van der Waals surface area contributed by atoms with Crippen LogP contribution in [0.25, 0.3) is 0 Å². The number of nitrogens with zero attached hydrogens (tertiary/aromatic N) is 1. The maximum atomic E-state index is 12.6. The number of benzene rings is 2. The number of hydrogen-bond donors (Lipinski definition) is 1. The number of hydroxylamine groups is 2. The highest BCUT2D eigenvalue weighted by Crippen LogP contribution is 2.29. The standard InChI is InChI=1S/C32H32N2O10/c35-27(11-14-32(40)44-34-28(36)12-13-29(34)37)33-17-18-41-19-20-42-30(38)15-16-31(39)43-26-21-24-7-2-1-5-22(24)9-10-23-6-3-4-8-25(23)26/h1-8,26H,11-21H2,(H,33,35). The number of carbonyl (C=O) groups is 6. The lowest BCUT2D eigenvalue weighted by molar-refractivity contribution is -0.197. The fraction of sp³-hybridized carbons (Fsp3) is 0.375. The first-order valence-corrected chi connectivity index (χ1v) is 14.2. The fourth-order valence-electron chi connectivity index (χ4n) is 4.44.